The number of rotatable bonds is 62. The molecular weight excluding hydrogens is 1290 g/mol. The topological polar surface area (TPSA) is 322 Å². The quantitative estimate of drug-likeness (QED) is 0.0347. The van der Waals surface area contributed by atoms with Crippen LogP contribution >= 0.6 is 0 Å². The third kappa shape index (κ3) is 36.2. The van der Waals surface area contributed by atoms with Crippen LogP contribution in [0.15, 0.2) is 64.4 Å². The van der Waals surface area contributed by atoms with Gasteiger partial charge >= 0.3 is 0 Å². The number of fused-ring (bicyclic) bond motifs is 2. The van der Waals surface area contributed by atoms with Crippen molar-refractivity contribution in [2.45, 2.75) is 35.5 Å². The van der Waals surface area contributed by atoms with Gasteiger partial charge in [-0.15, -0.1) is 0 Å². The van der Waals surface area contributed by atoms with Gasteiger partial charge in [0.25, 0.3) is 20.2 Å². The molecule has 0 bridgehead atoms. The van der Waals surface area contributed by atoms with Crippen LogP contribution in [0.5, 0.6) is 0 Å². The largest absolute Gasteiger partial charge is 0.394 e. The number of benzene rings is 3. The summed E-state index contributed by atoms with van der Waals surface area (Å²) in [6, 6.07) is 15.1. The molecule has 5 rings (SSSR count). The van der Waals surface area contributed by atoms with Crippen molar-refractivity contribution in [2.24, 2.45) is 0 Å². The average Bonchev–Trinajstić information content (AvgIpc) is 0.936. The SMILES string of the molecule is O=S(=O)(O)c1ccc(/C(c2ccc3c(c2)CCCN3CCOCCOCCOCCOCCOCCOCCOCCOCCOCCO)=c2/ccc3c(c2)CCC[N+]=3CCOCCOCCOCCOCCOCCOCCOCCOCCOCCO)c(S(=O)(=O)O)c1. The van der Waals surface area contributed by atoms with Crippen LogP contribution in [0.25, 0.3) is 5.57 Å². The van der Waals surface area contributed by atoms with Crippen molar-refractivity contribution in [3.63, 3.8) is 0 Å². The second-order valence-electron chi connectivity index (χ2n) is 21.3. The highest BCUT2D eigenvalue weighted by Crippen LogP contribution is 2.34. The van der Waals surface area contributed by atoms with Gasteiger partial charge in [0.05, 0.1) is 249 Å². The lowest BCUT2D eigenvalue weighted by Gasteiger charge is -2.32. The summed E-state index contributed by atoms with van der Waals surface area (Å²) in [5.41, 5.74) is 4.29. The zero-order valence-electron chi connectivity index (χ0n) is 55.2. The summed E-state index contributed by atoms with van der Waals surface area (Å²) >= 11 is 0. The molecule has 2 heterocycles. The Kier molecular flexibility index (Phi) is 45.0. The molecule has 0 saturated carbocycles. The van der Waals surface area contributed by atoms with Gasteiger partial charge in [-0.3, -0.25) is 9.11 Å². The fourth-order valence-corrected chi connectivity index (χ4v) is 11.2. The van der Waals surface area contributed by atoms with E-state index in [9.17, 15) is 25.9 Å². The number of hydrogen-bond donors (Lipinski definition) is 4. The minimum Gasteiger partial charge on any atom is -0.394 e. The van der Waals surface area contributed by atoms with Gasteiger partial charge in [0.15, 0.2) is 6.54 Å². The van der Waals surface area contributed by atoms with Crippen molar-refractivity contribution in [1.29, 1.82) is 0 Å². The molecule has 2 aliphatic heterocycles. The van der Waals surface area contributed by atoms with Crippen LogP contribution in [0.2, 0.25) is 0 Å². The van der Waals surface area contributed by atoms with Gasteiger partial charge in [0.2, 0.25) is 5.36 Å². The molecule has 3 aromatic rings. The molecule has 0 radical (unpaired) electrons. The molecule has 2 aliphatic rings. The minimum atomic E-state index is -5.01. The van der Waals surface area contributed by atoms with Gasteiger partial charge in [-0.25, -0.2) is 4.58 Å². The molecule has 0 unspecified atom stereocenters. The molecule has 0 aliphatic carbocycles. The molecular formula is C65H105N2O26S2+. The molecule has 30 heteroatoms. The maximum atomic E-state index is 13.1. The second-order valence-corrected chi connectivity index (χ2v) is 24.1. The van der Waals surface area contributed by atoms with E-state index in [0.717, 1.165) is 73.1 Å². The van der Waals surface area contributed by atoms with Crippen LogP contribution in [-0.2, 0) is 118 Å². The van der Waals surface area contributed by atoms with E-state index in [4.69, 9.17) is 95.5 Å². The maximum Gasteiger partial charge on any atom is 0.295 e. The molecule has 0 fully saturated rings. The Labute approximate surface area is 560 Å². The highest BCUT2D eigenvalue weighted by Gasteiger charge is 2.26. The molecule has 0 saturated heterocycles. The van der Waals surface area contributed by atoms with Gasteiger partial charge in [-0.05, 0) is 77.6 Å². The molecule has 0 aromatic heterocycles. The summed E-state index contributed by atoms with van der Waals surface area (Å²) in [5, 5.41) is 19.0. The number of aliphatic hydroxyl groups excluding tert-OH is 2. The van der Waals surface area contributed by atoms with E-state index in [1.165, 1.54) is 6.07 Å². The third-order valence-electron chi connectivity index (χ3n) is 14.4. The number of anilines is 1. The first-order valence-electron chi connectivity index (χ1n) is 32.8. The Hall–Kier alpha value is -3.85. The van der Waals surface area contributed by atoms with E-state index in [2.05, 4.69) is 9.48 Å². The molecule has 3 aromatic carbocycles. The van der Waals surface area contributed by atoms with Crippen LogP contribution in [0, 0.1) is 0 Å². The molecule has 28 nitrogen and oxygen atoms in total. The van der Waals surface area contributed by atoms with Crippen LogP contribution in [-0.4, -0.2) is 313 Å². The highest BCUT2D eigenvalue weighted by molar-refractivity contribution is 7.86. The van der Waals surface area contributed by atoms with E-state index < -0.39 is 30.0 Å². The second kappa shape index (κ2) is 52.2. The van der Waals surface area contributed by atoms with Crippen molar-refractivity contribution in [2.75, 3.05) is 282 Å². The molecule has 95 heavy (non-hydrogen) atoms. The summed E-state index contributed by atoms with van der Waals surface area (Å²) in [6.45, 7) is 18.7. The fraction of sp³-hybridized carbons (Fsp3) is 0.708. The van der Waals surface area contributed by atoms with Gasteiger partial charge < -0.3 is 100 Å². The summed E-state index contributed by atoms with van der Waals surface area (Å²) in [7, 11) is -9.84. The zero-order valence-corrected chi connectivity index (χ0v) is 56.8. The molecule has 542 valence electrons. The lowest BCUT2D eigenvalue weighted by atomic mass is 9.90. The normalized spacial score (nSPS) is 13.9. The smallest absolute Gasteiger partial charge is 0.295 e. The standard InChI is InChI=1S/C65H104N2O26S2/c68-15-19-78-23-27-82-31-35-86-39-43-90-47-51-92-49-45-88-41-37-84-33-29-80-25-21-76-17-13-66-11-1-3-56-53-58(5-9-62(56)66)65(61-8-7-60(94(70,71)72)55-64(61)95(73,74)75)59-6-10-63-57(54-59)4-2-12-67(63)14-18-77-22-26-81-30-34-85-38-42-89-46-50-93-52-48-91-44-40-87-36-32-83-28-24-79-20-16-69/h5-10,53-55,68-69H,1-4,11-52H2,(H-,70,71,72,73,74,75)/p+1. The van der Waals surface area contributed by atoms with Gasteiger partial charge in [-0.1, -0.05) is 12.1 Å². The van der Waals surface area contributed by atoms with Crippen molar-refractivity contribution in [1.82, 2.24) is 4.58 Å². The Morgan fingerprint density at radius 3 is 1.16 bits per heavy atom. The van der Waals surface area contributed by atoms with Crippen molar-refractivity contribution in [3.8, 4) is 0 Å². The Morgan fingerprint density at radius 2 is 0.768 bits per heavy atom. The van der Waals surface area contributed by atoms with E-state index >= 15 is 0 Å². The lowest BCUT2D eigenvalue weighted by Crippen LogP contribution is -2.40. The fourth-order valence-electron chi connectivity index (χ4n) is 9.89. The summed E-state index contributed by atoms with van der Waals surface area (Å²) in [6.07, 6.45) is 3.24. The van der Waals surface area contributed by atoms with Crippen LogP contribution in [0.4, 0.5) is 5.69 Å². The third-order valence-corrected chi connectivity index (χ3v) is 16.1. The molecule has 0 spiro atoms. The van der Waals surface area contributed by atoms with E-state index in [1.54, 1.807) is 0 Å². The first-order chi connectivity index (χ1) is 46.5. The summed E-state index contributed by atoms with van der Waals surface area (Å²) < 4.78 is 173. The number of aryl methyl sites for hydroxylation is 2. The van der Waals surface area contributed by atoms with Gasteiger partial charge in [0.1, 0.15) is 18.0 Å². The monoisotopic (exact) mass is 1390 g/mol. The number of nitrogens with zero attached hydrogens (tertiary/aromatic N) is 2. The van der Waals surface area contributed by atoms with Crippen LogP contribution in [0.1, 0.15) is 35.1 Å². The highest BCUT2D eigenvalue weighted by atomic mass is 32.2. The van der Waals surface area contributed by atoms with E-state index in [1.807, 2.05) is 36.4 Å². The summed E-state index contributed by atoms with van der Waals surface area (Å²) in [5.74, 6) is 0. The molecule has 0 amide bonds. The van der Waals surface area contributed by atoms with Gasteiger partial charge in [0, 0.05) is 42.4 Å². The van der Waals surface area contributed by atoms with E-state index in [-0.39, 0.29) is 18.8 Å². The number of ether oxygens (including phenoxy) is 18. The predicted octanol–water partition coefficient (Wildman–Crippen LogP) is 0.901. The lowest BCUT2D eigenvalue weighted by molar-refractivity contribution is -0.0255. The minimum absolute atomic E-state index is 0.00120. The van der Waals surface area contributed by atoms with Gasteiger partial charge in [-0.2, -0.15) is 16.8 Å². The Morgan fingerprint density at radius 1 is 0.389 bits per heavy atom. The van der Waals surface area contributed by atoms with E-state index in [0.29, 0.717) is 267 Å². The predicted molar refractivity (Wildman–Crippen MR) is 349 cm³/mol. The number of hydrogen-bond acceptors (Lipinski definition) is 25. The van der Waals surface area contributed by atoms with Crippen LogP contribution < -0.4 is 20.1 Å². The van der Waals surface area contributed by atoms with Crippen molar-refractivity contribution >= 4 is 31.5 Å². The number of aliphatic hydroxyl groups is 2. The Balaban J connectivity index is 0.978. The van der Waals surface area contributed by atoms with Crippen molar-refractivity contribution in [3.05, 3.63) is 87.4 Å². The average molecular weight is 1390 g/mol. The molecule has 4 N–H and O–H groups in total. The van der Waals surface area contributed by atoms with Crippen LogP contribution in [0.3, 0.4) is 0 Å². The summed E-state index contributed by atoms with van der Waals surface area (Å²) in [4.78, 5) is 0.938. The Bertz CT molecular complexity index is 2840. The first-order valence-corrected chi connectivity index (χ1v) is 35.7. The molecule has 0 atom stereocenters. The van der Waals surface area contributed by atoms with Crippen molar-refractivity contribution < 1.29 is 121 Å². The first kappa shape index (κ1) is 81.8. The maximum absolute atomic E-state index is 13.1. The zero-order chi connectivity index (χ0) is 67.5.